The maximum atomic E-state index is 14.5. The van der Waals surface area contributed by atoms with Crippen molar-refractivity contribution in [3.8, 4) is 11.8 Å². The molecule has 3 aromatic rings. The van der Waals surface area contributed by atoms with Gasteiger partial charge in [0.15, 0.2) is 0 Å². The van der Waals surface area contributed by atoms with Crippen LogP contribution in [0.3, 0.4) is 0 Å². The number of fused-ring (bicyclic) bond motifs is 7. The van der Waals surface area contributed by atoms with Crippen LogP contribution in [0.15, 0.2) is 24.3 Å². The standard InChI is InChI=1S/C34H39FN6O2/c35-23-15-34(10-2-11-41(34)16-23)20-43-33-37-29-19-39(12-9-28(29)32(38-33)40-17-24-7-8-25(18-40)36-24)30-14-26(42)13-22-6-5-21-3-1-4-27(21)31(22)30/h5-6,9,13-14,19,23-25,36,42H,1-4,7-8,10-12,15-18,20H2/t23-,24-,25+,34+/m1/s1. The molecule has 224 valence electrons. The summed E-state index contributed by atoms with van der Waals surface area (Å²) in [5.41, 5.74) is 3.57. The summed E-state index contributed by atoms with van der Waals surface area (Å²) >= 11 is 0. The number of ether oxygens (including phenoxy) is 1. The van der Waals surface area contributed by atoms with Gasteiger partial charge in [0.2, 0.25) is 0 Å². The highest BCUT2D eigenvalue weighted by Crippen LogP contribution is 2.41. The number of phenols is 1. The van der Waals surface area contributed by atoms with Crippen molar-refractivity contribution in [2.75, 3.05) is 49.1 Å². The highest BCUT2D eigenvalue weighted by atomic mass is 19.1. The molecular formula is C34H39FN6O2. The van der Waals surface area contributed by atoms with Gasteiger partial charge in [0.1, 0.15) is 24.3 Å². The molecular weight excluding hydrogens is 543 g/mol. The lowest BCUT2D eigenvalue weighted by Gasteiger charge is -2.35. The van der Waals surface area contributed by atoms with Crippen molar-refractivity contribution in [1.29, 1.82) is 0 Å². The van der Waals surface area contributed by atoms with E-state index in [9.17, 15) is 9.50 Å². The number of benzene rings is 2. The second-order valence-corrected chi connectivity index (χ2v) is 13.6. The van der Waals surface area contributed by atoms with E-state index < -0.39 is 6.17 Å². The van der Waals surface area contributed by atoms with Crippen molar-refractivity contribution in [2.24, 2.45) is 0 Å². The first-order valence-electron chi connectivity index (χ1n) is 16.2. The molecule has 6 heterocycles. The fourth-order valence-electron chi connectivity index (χ4n) is 8.98. The minimum absolute atomic E-state index is 0.254. The van der Waals surface area contributed by atoms with Gasteiger partial charge in [0.05, 0.1) is 16.6 Å². The summed E-state index contributed by atoms with van der Waals surface area (Å²) in [6, 6.07) is 9.46. The molecule has 8 nitrogen and oxygen atoms in total. The second kappa shape index (κ2) is 9.79. The fraction of sp³-hybridized carbons (Fsp3) is 0.529. The number of hydrogen-bond acceptors (Lipinski definition) is 8. The van der Waals surface area contributed by atoms with E-state index in [1.807, 2.05) is 12.1 Å². The highest BCUT2D eigenvalue weighted by molar-refractivity contribution is 6.00. The van der Waals surface area contributed by atoms with Gasteiger partial charge in [-0.25, -0.2) is 4.39 Å². The molecule has 9 rings (SSSR count). The van der Waals surface area contributed by atoms with Gasteiger partial charge in [0, 0.05) is 67.6 Å². The Morgan fingerprint density at radius 3 is 2.84 bits per heavy atom. The minimum Gasteiger partial charge on any atom is -0.508 e. The third-order valence-electron chi connectivity index (χ3n) is 10.9. The molecule has 0 amide bonds. The number of aryl methyl sites for hydroxylation is 2. The number of aromatic nitrogens is 2. The molecule has 1 aliphatic carbocycles. The minimum atomic E-state index is -0.796. The topological polar surface area (TPSA) is 77.0 Å². The normalized spacial score (nSPS) is 29.4. The van der Waals surface area contributed by atoms with Crippen molar-refractivity contribution in [3.63, 3.8) is 0 Å². The molecule has 0 radical (unpaired) electrons. The number of nitrogens with one attached hydrogen (secondary N) is 1. The van der Waals surface area contributed by atoms with Crippen molar-refractivity contribution in [1.82, 2.24) is 20.2 Å². The van der Waals surface area contributed by atoms with E-state index in [1.54, 1.807) is 0 Å². The number of rotatable bonds is 5. The molecule has 6 aliphatic rings. The van der Waals surface area contributed by atoms with Gasteiger partial charge in [-0.15, -0.1) is 0 Å². The molecule has 4 saturated heterocycles. The zero-order chi connectivity index (χ0) is 28.7. The summed E-state index contributed by atoms with van der Waals surface area (Å²) in [5, 5.41) is 18.6. The van der Waals surface area contributed by atoms with Crippen molar-refractivity contribution >= 4 is 34.6 Å². The Hall–Kier alpha value is -3.43. The van der Waals surface area contributed by atoms with E-state index in [0.717, 1.165) is 72.8 Å². The third kappa shape index (κ3) is 4.30. The van der Waals surface area contributed by atoms with Crippen molar-refractivity contribution < 1.29 is 14.2 Å². The largest absolute Gasteiger partial charge is 0.508 e. The van der Waals surface area contributed by atoms with Gasteiger partial charge in [-0.3, -0.25) is 4.90 Å². The maximum Gasteiger partial charge on any atom is 0.319 e. The molecule has 1 aromatic heterocycles. The van der Waals surface area contributed by atoms with Crippen LogP contribution in [0.2, 0.25) is 0 Å². The number of halogens is 1. The lowest BCUT2D eigenvalue weighted by atomic mass is 9.95. The van der Waals surface area contributed by atoms with Crippen molar-refractivity contribution in [3.05, 3.63) is 46.0 Å². The van der Waals surface area contributed by atoms with E-state index in [1.165, 1.54) is 35.8 Å². The van der Waals surface area contributed by atoms with Crippen LogP contribution in [0.25, 0.3) is 23.0 Å². The average Bonchev–Trinajstić information content (AvgIpc) is 3.78. The fourth-order valence-corrected chi connectivity index (χ4v) is 8.98. The van der Waals surface area contributed by atoms with Crippen LogP contribution in [-0.4, -0.2) is 83.1 Å². The van der Waals surface area contributed by atoms with E-state index in [4.69, 9.17) is 14.7 Å². The predicted molar refractivity (Wildman–Crippen MR) is 166 cm³/mol. The first-order chi connectivity index (χ1) is 21.0. The van der Waals surface area contributed by atoms with Gasteiger partial charge in [-0.05, 0) is 74.1 Å². The van der Waals surface area contributed by atoms with Gasteiger partial charge in [-0.1, -0.05) is 18.2 Å². The number of piperazine rings is 1. The number of nitrogens with zero attached hydrogens (tertiary/aromatic N) is 5. The lowest BCUT2D eigenvalue weighted by Crippen LogP contribution is -2.54. The number of alkyl halides is 1. The van der Waals surface area contributed by atoms with Gasteiger partial charge in [-0.2, -0.15) is 9.97 Å². The van der Waals surface area contributed by atoms with Crippen LogP contribution in [-0.2, 0) is 12.8 Å². The molecule has 4 fully saturated rings. The molecule has 9 heteroatoms. The van der Waals surface area contributed by atoms with Gasteiger partial charge >= 0.3 is 6.01 Å². The Bertz CT molecular complexity index is 1740. The number of aromatic hydroxyl groups is 1. The second-order valence-electron chi connectivity index (χ2n) is 13.6. The van der Waals surface area contributed by atoms with Crippen LogP contribution in [0.4, 0.5) is 15.9 Å². The van der Waals surface area contributed by atoms with E-state index in [-0.39, 0.29) is 11.3 Å². The van der Waals surface area contributed by atoms with Crippen LogP contribution >= 0.6 is 0 Å². The zero-order valence-electron chi connectivity index (χ0n) is 24.6. The molecule has 0 saturated carbocycles. The first-order valence-corrected chi connectivity index (χ1v) is 16.2. The van der Waals surface area contributed by atoms with Crippen LogP contribution in [0.5, 0.6) is 11.8 Å². The molecule has 43 heavy (non-hydrogen) atoms. The molecule has 2 N–H and O–H groups in total. The quantitative estimate of drug-likeness (QED) is 0.476. The SMILES string of the molecule is Oc1cc(N2C=c3nc(OC[C@@]45CCCN4C[C@H](F)C5)nc(N4C[C@H]5CC[C@@H](C4)N5)c3=CC2)c2c3c(ccc2c1)CCC3. The van der Waals surface area contributed by atoms with Crippen LogP contribution in [0.1, 0.15) is 49.7 Å². The first kappa shape index (κ1) is 26.0. The molecule has 2 aromatic carbocycles. The lowest BCUT2D eigenvalue weighted by molar-refractivity contribution is 0.107. The van der Waals surface area contributed by atoms with Gasteiger partial charge in [0.25, 0.3) is 0 Å². The monoisotopic (exact) mass is 582 g/mol. The Balaban J connectivity index is 1.14. The van der Waals surface area contributed by atoms with Crippen LogP contribution in [0, 0.1) is 0 Å². The summed E-state index contributed by atoms with van der Waals surface area (Å²) in [5.74, 6) is 1.21. The molecule has 0 unspecified atom stereocenters. The maximum absolute atomic E-state index is 14.5. The number of anilines is 2. The van der Waals surface area contributed by atoms with Crippen molar-refractivity contribution in [2.45, 2.75) is 75.2 Å². The average molecular weight is 583 g/mol. The number of phenolic OH excluding ortho intramolecular Hbond substituents is 1. The summed E-state index contributed by atoms with van der Waals surface area (Å²) in [7, 11) is 0. The predicted octanol–water partition coefficient (Wildman–Crippen LogP) is 2.76. The molecule has 5 aliphatic heterocycles. The number of hydrogen-bond donors (Lipinski definition) is 2. The zero-order valence-corrected chi connectivity index (χ0v) is 24.6. The Labute approximate surface area is 250 Å². The summed E-state index contributed by atoms with van der Waals surface area (Å²) in [6.45, 7) is 4.35. The summed E-state index contributed by atoms with van der Waals surface area (Å²) in [6.07, 6.45) is 11.8. The van der Waals surface area contributed by atoms with Gasteiger partial charge < -0.3 is 25.0 Å². The smallest absolute Gasteiger partial charge is 0.319 e. The Morgan fingerprint density at radius 1 is 1.07 bits per heavy atom. The molecule has 2 bridgehead atoms. The summed E-state index contributed by atoms with van der Waals surface area (Å²) in [4.78, 5) is 16.9. The molecule has 0 spiro atoms. The van der Waals surface area contributed by atoms with E-state index in [2.05, 4.69) is 44.4 Å². The van der Waals surface area contributed by atoms with Crippen LogP contribution < -0.4 is 30.4 Å². The highest BCUT2D eigenvalue weighted by Gasteiger charge is 2.49. The van der Waals surface area contributed by atoms with E-state index >= 15 is 0 Å². The summed E-state index contributed by atoms with van der Waals surface area (Å²) < 4.78 is 20.9. The van der Waals surface area contributed by atoms with E-state index in [0.29, 0.717) is 44.2 Å². The third-order valence-corrected chi connectivity index (χ3v) is 10.9. The Kier molecular flexibility index (Phi) is 5.92. The Morgan fingerprint density at radius 2 is 1.95 bits per heavy atom. The molecule has 4 atom stereocenters.